The van der Waals surface area contributed by atoms with Gasteiger partial charge in [0.25, 0.3) is 11.8 Å². The standard InChI is InChI=1S/C16H18N2O3S/c1-3-12(21-13-8-5-4-7-11(13)2)15(19)17-18-16(20)14-9-6-10-22-14/h4-10,12H,3H2,1-2H3,(H,17,19)(H,18,20). The average molecular weight is 318 g/mol. The monoisotopic (exact) mass is 318 g/mol. The number of hydrazine groups is 1. The molecule has 0 aliphatic carbocycles. The first-order chi connectivity index (χ1) is 10.6. The number of rotatable bonds is 5. The highest BCUT2D eigenvalue weighted by molar-refractivity contribution is 7.12. The first-order valence-corrected chi connectivity index (χ1v) is 7.85. The lowest BCUT2D eigenvalue weighted by atomic mass is 10.2. The highest BCUT2D eigenvalue weighted by Gasteiger charge is 2.20. The third-order valence-corrected chi connectivity index (χ3v) is 3.94. The molecule has 2 N–H and O–H groups in total. The van der Waals surface area contributed by atoms with E-state index in [-0.39, 0.29) is 11.8 Å². The fraction of sp³-hybridized carbons (Fsp3) is 0.250. The number of amides is 2. The molecule has 1 aromatic heterocycles. The SMILES string of the molecule is CCC(Oc1ccccc1C)C(=O)NNC(=O)c1cccs1. The fourth-order valence-electron chi connectivity index (χ4n) is 1.83. The van der Waals surface area contributed by atoms with Crippen LogP contribution in [0.4, 0.5) is 0 Å². The van der Waals surface area contributed by atoms with Gasteiger partial charge in [-0.2, -0.15) is 0 Å². The second-order valence-corrected chi connectivity index (χ2v) is 5.65. The van der Waals surface area contributed by atoms with Gasteiger partial charge in [0.1, 0.15) is 5.75 Å². The molecule has 0 aliphatic heterocycles. The Bertz CT molecular complexity index is 641. The Morgan fingerprint density at radius 2 is 1.95 bits per heavy atom. The number of benzene rings is 1. The summed E-state index contributed by atoms with van der Waals surface area (Å²) in [5, 5.41) is 1.80. The van der Waals surface area contributed by atoms with Crippen molar-refractivity contribution in [2.45, 2.75) is 26.4 Å². The van der Waals surface area contributed by atoms with Crippen molar-refractivity contribution in [1.29, 1.82) is 0 Å². The summed E-state index contributed by atoms with van der Waals surface area (Å²) in [4.78, 5) is 24.4. The van der Waals surface area contributed by atoms with Gasteiger partial charge >= 0.3 is 0 Å². The predicted molar refractivity (Wildman–Crippen MR) is 85.8 cm³/mol. The molecule has 116 valence electrons. The minimum atomic E-state index is -0.662. The minimum absolute atomic E-state index is 0.339. The van der Waals surface area contributed by atoms with Crippen LogP contribution < -0.4 is 15.6 Å². The molecule has 5 nitrogen and oxygen atoms in total. The summed E-state index contributed by atoms with van der Waals surface area (Å²) >= 11 is 1.31. The maximum absolute atomic E-state index is 12.1. The van der Waals surface area contributed by atoms with Crippen molar-refractivity contribution in [3.63, 3.8) is 0 Å². The van der Waals surface area contributed by atoms with Crippen LogP contribution in [-0.4, -0.2) is 17.9 Å². The van der Waals surface area contributed by atoms with Crippen LogP contribution in [0.5, 0.6) is 5.75 Å². The first kappa shape index (κ1) is 16.0. The molecule has 0 bridgehead atoms. The number of nitrogens with one attached hydrogen (secondary N) is 2. The molecule has 0 spiro atoms. The van der Waals surface area contributed by atoms with Crippen LogP contribution in [0.25, 0.3) is 0 Å². The molecule has 1 atom stereocenters. The van der Waals surface area contributed by atoms with Gasteiger partial charge in [0.15, 0.2) is 6.10 Å². The van der Waals surface area contributed by atoms with E-state index in [0.717, 1.165) is 5.56 Å². The Balaban J connectivity index is 1.92. The molecule has 2 rings (SSSR count). The van der Waals surface area contributed by atoms with Crippen LogP contribution in [0.15, 0.2) is 41.8 Å². The molecule has 22 heavy (non-hydrogen) atoms. The van der Waals surface area contributed by atoms with E-state index in [2.05, 4.69) is 10.9 Å². The van der Waals surface area contributed by atoms with Crippen molar-refractivity contribution in [2.75, 3.05) is 0 Å². The summed E-state index contributed by atoms with van der Waals surface area (Å²) in [5.74, 6) is -0.0566. The summed E-state index contributed by atoms with van der Waals surface area (Å²) in [6.45, 7) is 3.77. The largest absolute Gasteiger partial charge is 0.480 e. The number of aryl methyl sites for hydroxylation is 1. The first-order valence-electron chi connectivity index (χ1n) is 6.97. The molecule has 0 fully saturated rings. The van der Waals surface area contributed by atoms with Gasteiger partial charge in [-0.1, -0.05) is 31.2 Å². The Labute approximate surface area is 133 Å². The van der Waals surface area contributed by atoms with Crippen LogP contribution in [0.3, 0.4) is 0 Å². The van der Waals surface area contributed by atoms with Crippen LogP contribution in [0, 0.1) is 6.92 Å². The van der Waals surface area contributed by atoms with Gasteiger partial charge in [-0.25, -0.2) is 0 Å². The molecule has 0 saturated heterocycles. The third-order valence-electron chi connectivity index (χ3n) is 3.07. The molecule has 0 saturated carbocycles. The van der Waals surface area contributed by atoms with E-state index in [9.17, 15) is 9.59 Å². The fourth-order valence-corrected chi connectivity index (χ4v) is 2.45. The van der Waals surface area contributed by atoms with Crippen LogP contribution in [0.1, 0.15) is 28.6 Å². The predicted octanol–water partition coefficient (Wildman–Crippen LogP) is 2.68. The van der Waals surface area contributed by atoms with E-state index in [1.165, 1.54) is 11.3 Å². The number of hydrogen-bond acceptors (Lipinski definition) is 4. The average Bonchev–Trinajstić information content (AvgIpc) is 3.06. The summed E-state index contributed by atoms with van der Waals surface area (Å²) in [6, 6.07) is 11.0. The van der Waals surface area contributed by atoms with Crippen molar-refractivity contribution in [2.24, 2.45) is 0 Å². The van der Waals surface area contributed by atoms with Crippen molar-refractivity contribution in [3.05, 3.63) is 52.2 Å². The lowest BCUT2D eigenvalue weighted by Crippen LogP contribution is -2.47. The smallest absolute Gasteiger partial charge is 0.279 e. The minimum Gasteiger partial charge on any atom is -0.480 e. The summed E-state index contributed by atoms with van der Waals surface area (Å²) in [6.07, 6.45) is -0.167. The zero-order chi connectivity index (χ0) is 15.9. The van der Waals surface area contributed by atoms with E-state index >= 15 is 0 Å². The van der Waals surface area contributed by atoms with Gasteiger partial charge in [-0.3, -0.25) is 20.4 Å². The van der Waals surface area contributed by atoms with Gasteiger partial charge < -0.3 is 4.74 Å². The Morgan fingerprint density at radius 3 is 2.59 bits per heavy atom. The number of hydrogen-bond donors (Lipinski definition) is 2. The second-order valence-electron chi connectivity index (χ2n) is 4.70. The zero-order valence-electron chi connectivity index (χ0n) is 12.5. The molecule has 0 aliphatic rings. The highest BCUT2D eigenvalue weighted by atomic mass is 32.1. The van der Waals surface area contributed by atoms with Gasteiger partial charge in [0.05, 0.1) is 4.88 Å². The van der Waals surface area contributed by atoms with Crippen LogP contribution in [-0.2, 0) is 4.79 Å². The summed E-state index contributed by atoms with van der Waals surface area (Å²) in [5.41, 5.74) is 5.75. The number of carbonyl (C=O) groups excluding carboxylic acids is 2. The quantitative estimate of drug-likeness (QED) is 0.833. The third kappa shape index (κ3) is 4.08. The maximum atomic E-state index is 12.1. The molecule has 1 heterocycles. The number of ether oxygens (including phenoxy) is 1. The topological polar surface area (TPSA) is 67.4 Å². The van der Waals surface area contributed by atoms with E-state index in [1.54, 1.807) is 17.5 Å². The summed E-state index contributed by atoms with van der Waals surface area (Å²) in [7, 11) is 0. The van der Waals surface area contributed by atoms with E-state index < -0.39 is 6.10 Å². The molecular weight excluding hydrogens is 300 g/mol. The normalized spacial score (nSPS) is 11.5. The molecular formula is C16H18N2O3S. The summed E-state index contributed by atoms with van der Waals surface area (Å²) < 4.78 is 5.72. The lowest BCUT2D eigenvalue weighted by Gasteiger charge is -2.18. The Morgan fingerprint density at radius 1 is 1.18 bits per heavy atom. The Hall–Kier alpha value is -2.34. The molecule has 0 radical (unpaired) electrons. The van der Waals surface area contributed by atoms with Crippen LogP contribution in [0.2, 0.25) is 0 Å². The molecule has 1 aromatic carbocycles. The molecule has 6 heteroatoms. The number of para-hydroxylation sites is 1. The Kier molecular flexibility index (Phi) is 5.55. The van der Waals surface area contributed by atoms with Crippen molar-refractivity contribution in [1.82, 2.24) is 10.9 Å². The zero-order valence-corrected chi connectivity index (χ0v) is 13.3. The molecule has 1 unspecified atom stereocenters. The van der Waals surface area contributed by atoms with Gasteiger partial charge in [0.2, 0.25) is 0 Å². The number of thiophene rings is 1. The molecule has 2 aromatic rings. The lowest BCUT2D eigenvalue weighted by molar-refractivity contribution is -0.128. The molecule has 2 amide bonds. The van der Waals surface area contributed by atoms with Gasteiger partial charge in [0, 0.05) is 0 Å². The highest BCUT2D eigenvalue weighted by Crippen LogP contribution is 2.18. The van der Waals surface area contributed by atoms with Crippen LogP contribution >= 0.6 is 11.3 Å². The van der Waals surface area contributed by atoms with Crippen molar-refractivity contribution in [3.8, 4) is 5.75 Å². The van der Waals surface area contributed by atoms with Crippen molar-refractivity contribution < 1.29 is 14.3 Å². The van der Waals surface area contributed by atoms with Gasteiger partial charge in [-0.15, -0.1) is 11.3 Å². The van der Waals surface area contributed by atoms with Gasteiger partial charge in [-0.05, 0) is 36.4 Å². The van der Waals surface area contributed by atoms with E-state index in [4.69, 9.17) is 4.74 Å². The maximum Gasteiger partial charge on any atom is 0.279 e. The second kappa shape index (κ2) is 7.61. The van der Waals surface area contributed by atoms with E-state index in [0.29, 0.717) is 17.0 Å². The van der Waals surface area contributed by atoms with E-state index in [1.807, 2.05) is 38.1 Å². The van der Waals surface area contributed by atoms with Crippen molar-refractivity contribution >= 4 is 23.2 Å². The number of carbonyl (C=O) groups is 2.